The van der Waals surface area contributed by atoms with Crippen LogP contribution in [0.25, 0.3) is 0 Å². The van der Waals surface area contributed by atoms with E-state index in [1.54, 1.807) is 6.92 Å². The number of hydrogen-bond donors (Lipinski definition) is 3. The van der Waals surface area contributed by atoms with Crippen LogP contribution in [0.3, 0.4) is 0 Å². The summed E-state index contributed by atoms with van der Waals surface area (Å²) in [4.78, 5) is 11.1. The molecule has 1 amide bonds. The third kappa shape index (κ3) is 7.74. The molecule has 2 atom stereocenters. The first-order chi connectivity index (χ1) is 6.06. The fourth-order valence-corrected chi connectivity index (χ4v) is 0.823. The molecule has 0 rings (SSSR count). The molecule has 0 bridgehead atoms. The number of aliphatic hydroxyl groups excluding tert-OH is 1. The molecule has 4 heteroatoms. The molecule has 0 saturated heterocycles. The van der Waals surface area contributed by atoms with Crippen molar-refractivity contribution in [1.82, 2.24) is 10.6 Å². The quantitative estimate of drug-likeness (QED) is 0.544. The van der Waals surface area contributed by atoms with Gasteiger partial charge in [0.1, 0.15) is 0 Å². The van der Waals surface area contributed by atoms with Crippen LogP contribution >= 0.6 is 0 Å². The molecule has 0 radical (unpaired) electrons. The molecule has 78 valence electrons. The highest BCUT2D eigenvalue weighted by atomic mass is 16.3. The third-order valence-corrected chi connectivity index (χ3v) is 1.75. The molecule has 0 fully saturated rings. The Kier molecular flexibility index (Phi) is 6.54. The molecule has 0 aromatic heterocycles. The van der Waals surface area contributed by atoms with Crippen LogP contribution in [0.5, 0.6) is 0 Å². The van der Waals surface area contributed by atoms with E-state index >= 15 is 0 Å². The number of aliphatic hydroxyl groups is 1. The van der Waals surface area contributed by atoms with Crippen molar-refractivity contribution in [2.75, 3.05) is 13.1 Å². The summed E-state index contributed by atoms with van der Waals surface area (Å²) in [6, 6.07) is 0.223. The Bertz CT molecular complexity index is 149. The molecule has 0 aliphatic heterocycles. The van der Waals surface area contributed by atoms with E-state index in [4.69, 9.17) is 5.11 Å². The summed E-state index contributed by atoms with van der Waals surface area (Å²) in [5.74, 6) is -0.0185. The smallest absolute Gasteiger partial charge is 0.234 e. The third-order valence-electron chi connectivity index (χ3n) is 1.75. The lowest BCUT2D eigenvalue weighted by Crippen LogP contribution is -2.40. The van der Waals surface area contributed by atoms with E-state index in [2.05, 4.69) is 10.6 Å². The van der Waals surface area contributed by atoms with E-state index in [0.717, 1.165) is 6.42 Å². The molecule has 0 aromatic carbocycles. The van der Waals surface area contributed by atoms with Gasteiger partial charge in [-0.25, -0.2) is 0 Å². The van der Waals surface area contributed by atoms with Gasteiger partial charge in [0.05, 0.1) is 12.6 Å². The number of carbonyl (C=O) groups excluding carboxylic acids is 1. The second-order valence-electron chi connectivity index (χ2n) is 3.36. The molecule has 0 heterocycles. The first-order valence-corrected chi connectivity index (χ1v) is 4.74. The summed E-state index contributed by atoms with van der Waals surface area (Å²) in [7, 11) is 0. The molecule has 0 aliphatic rings. The first kappa shape index (κ1) is 12.4. The molecule has 13 heavy (non-hydrogen) atoms. The predicted octanol–water partition coefficient (Wildman–Crippen LogP) is -0.128. The fraction of sp³-hybridized carbons (Fsp3) is 0.889. The van der Waals surface area contributed by atoms with Crippen molar-refractivity contribution in [1.29, 1.82) is 0 Å². The molecule has 0 spiro atoms. The Labute approximate surface area is 79.7 Å². The Morgan fingerprint density at radius 1 is 1.46 bits per heavy atom. The van der Waals surface area contributed by atoms with Gasteiger partial charge in [-0.1, -0.05) is 6.92 Å². The van der Waals surface area contributed by atoms with Gasteiger partial charge in [0.2, 0.25) is 5.91 Å². The lowest BCUT2D eigenvalue weighted by atomic mass is 10.2. The van der Waals surface area contributed by atoms with Crippen molar-refractivity contribution in [3.8, 4) is 0 Å². The van der Waals surface area contributed by atoms with E-state index in [0.29, 0.717) is 6.54 Å². The van der Waals surface area contributed by atoms with Gasteiger partial charge >= 0.3 is 0 Å². The Morgan fingerprint density at radius 3 is 2.54 bits per heavy atom. The van der Waals surface area contributed by atoms with Gasteiger partial charge in [0.25, 0.3) is 0 Å². The number of amides is 1. The highest BCUT2D eigenvalue weighted by Crippen LogP contribution is 1.86. The van der Waals surface area contributed by atoms with Crippen molar-refractivity contribution in [3.05, 3.63) is 0 Å². The van der Waals surface area contributed by atoms with Gasteiger partial charge in [-0.05, 0) is 20.3 Å². The topological polar surface area (TPSA) is 61.4 Å². The molecule has 4 nitrogen and oxygen atoms in total. The molecule has 2 unspecified atom stereocenters. The molecule has 0 aromatic rings. The number of rotatable bonds is 6. The highest BCUT2D eigenvalue weighted by Gasteiger charge is 2.04. The number of carbonyl (C=O) groups is 1. The monoisotopic (exact) mass is 188 g/mol. The lowest BCUT2D eigenvalue weighted by molar-refractivity contribution is -0.120. The van der Waals surface area contributed by atoms with E-state index in [-0.39, 0.29) is 18.5 Å². The van der Waals surface area contributed by atoms with Gasteiger partial charge in [0, 0.05) is 12.6 Å². The Hall–Kier alpha value is -0.610. The standard InChI is InChI=1S/C9H20N2O2/c1-4-7(2)11-9(13)6-10-5-8(3)12/h7-8,10,12H,4-6H2,1-3H3,(H,11,13). The van der Waals surface area contributed by atoms with Crippen molar-refractivity contribution < 1.29 is 9.90 Å². The van der Waals surface area contributed by atoms with Gasteiger partial charge < -0.3 is 15.7 Å². The van der Waals surface area contributed by atoms with Gasteiger partial charge in [-0.15, -0.1) is 0 Å². The van der Waals surface area contributed by atoms with Crippen LogP contribution in [0, 0.1) is 0 Å². The normalized spacial score (nSPS) is 15.1. The predicted molar refractivity (Wildman–Crippen MR) is 52.4 cm³/mol. The summed E-state index contributed by atoms with van der Waals surface area (Å²) in [5, 5.41) is 14.6. The van der Waals surface area contributed by atoms with Crippen LogP contribution < -0.4 is 10.6 Å². The largest absolute Gasteiger partial charge is 0.392 e. The average Bonchev–Trinajstić information content (AvgIpc) is 2.03. The zero-order valence-corrected chi connectivity index (χ0v) is 8.63. The zero-order chi connectivity index (χ0) is 10.3. The average molecular weight is 188 g/mol. The maximum atomic E-state index is 11.1. The van der Waals surface area contributed by atoms with Crippen LogP contribution in [0.1, 0.15) is 27.2 Å². The summed E-state index contributed by atoms with van der Waals surface area (Å²) < 4.78 is 0. The summed E-state index contributed by atoms with van der Waals surface area (Å²) in [5.41, 5.74) is 0. The number of nitrogens with one attached hydrogen (secondary N) is 2. The van der Waals surface area contributed by atoms with Gasteiger partial charge in [-0.2, -0.15) is 0 Å². The molecule has 3 N–H and O–H groups in total. The van der Waals surface area contributed by atoms with Crippen molar-refractivity contribution in [2.45, 2.75) is 39.3 Å². The molecular formula is C9H20N2O2. The number of hydrogen-bond acceptors (Lipinski definition) is 3. The minimum atomic E-state index is -0.406. The van der Waals surface area contributed by atoms with Crippen molar-refractivity contribution in [3.63, 3.8) is 0 Å². The molecular weight excluding hydrogens is 168 g/mol. The molecule has 0 saturated carbocycles. The van der Waals surface area contributed by atoms with Crippen LogP contribution in [0.2, 0.25) is 0 Å². The van der Waals surface area contributed by atoms with E-state index in [1.165, 1.54) is 0 Å². The van der Waals surface area contributed by atoms with Gasteiger partial charge in [-0.3, -0.25) is 4.79 Å². The van der Waals surface area contributed by atoms with Crippen molar-refractivity contribution in [2.24, 2.45) is 0 Å². The lowest BCUT2D eigenvalue weighted by Gasteiger charge is -2.12. The minimum Gasteiger partial charge on any atom is -0.392 e. The van der Waals surface area contributed by atoms with E-state index < -0.39 is 6.10 Å². The maximum Gasteiger partial charge on any atom is 0.234 e. The minimum absolute atomic E-state index is 0.0185. The van der Waals surface area contributed by atoms with Crippen LogP contribution in [0.15, 0.2) is 0 Å². The molecule has 0 aliphatic carbocycles. The summed E-state index contributed by atoms with van der Waals surface area (Å²) >= 11 is 0. The van der Waals surface area contributed by atoms with E-state index in [1.807, 2.05) is 13.8 Å². The second kappa shape index (κ2) is 6.86. The summed E-state index contributed by atoms with van der Waals surface area (Å²) in [6.07, 6.45) is 0.527. The SMILES string of the molecule is CCC(C)NC(=O)CNCC(C)O. The van der Waals surface area contributed by atoms with Crippen LogP contribution in [0.4, 0.5) is 0 Å². The summed E-state index contributed by atoms with van der Waals surface area (Å²) in [6.45, 7) is 6.39. The van der Waals surface area contributed by atoms with Gasteiger partial charge in [0.15, 0.2) is 0 Å². The second-order valence-corrected chi connectivity index (χ2v) is 3.36. The Balaban J connectivity index is 3.41. The zero-order valence-electron chi connectivity index (χ0n) is 8.63. The maximum absolute atomic E-state index is 11.1. The van der Waals surface area contributed by atoms with Crippen LogP contribution in [-0.2, 0) is 4.79 Å². The van der Waals surface area contributed by atoms with E-state index in [9.17, 15) is 4.79 Å². The van der Waals surface area contributed by atoms with Crippen LogP contribution in [-0.4, -0.2) is 36.2 Å². The first-order valence-electron chi connectivity index (χ1n) is 4.74. The fourth-order valence-electron chi connectivity index (χ4n) is 0.823. The highest BCUT2D eigenvalue weighted by molar-refractivity contribution is 5.78. The van der Waals surface area contributed by atoms with Crippen molar-refractivity contribution >= 4 is 5.91 Å². The Morgan fingerprint density at radius 2 is 2.08 bits per heavy atom.